The van der Waals surface area contributed by atoms with E-state index in [4.69, 9.17) is 5.73 Å². The Kier molecular flexibility index (Phi) is 3.75. The van der Waals surface area contributed by atoms with Crippen molar-refractivity contribution >= 4 is 17.3 Å². The number of anilines is 2. The van der Waals surface area contributed by atoms with Crippen LogP contribution in [0.2, 0.25) is 0 Å². The third-order valence-corrected chi connectivity index (χ3v) is 3.42. The number of amides is 1. The molecule has 4 heteroatoms. The maximum atomic E-state index is 11.6. The van der Waals surface area contributed by atoms with Crippen LogP contribution >= 0.6 is 0 Å². The Morgan fingerprint density at radius 2 is 2.22 bits per heavy atom. The van der Waals surface area contributed by atoms with Crippen molar-refractivity contribution in [1.29, 1.82) is 0 Å². The molecular formula is C14H21N3O. The van der Waals surface area contributed by atoms with Crippen molar-refractivity contribution < 1.29 is 4.79 Å². The van der Waals surface area contributed by atoms with Crippen LogP contribution in [-0.2, 0) is 11.2 Å². The SMILES string of the molecule is CN(C)C(=O)CCN1CCCc2ccc(N)cc21. The number of fused-ring (bicyclic) bond motifs is 1. The molecule has 98 valence electrons. The van der Waals surface area contributed by atoms with E-state index in [1.165, 1.54) is 11.3 Å². The third kappa shape index (κ3) is 2.75. The highest BCUT2D eigenvalue weighted by molar-refractivity contribution is 5.76. The lowest BCUT2D eigenvalue weighted by atomic mass is 10.0. The molecule has 2 rings (SSSR count). The number of hydrogen-bond acceptors (Lipinski definition) is 3. The number of carbonyl (C=O) groups is 1. The molecule has 0 fully saturated rings. The van der Waals surface area contributed by atoms with Gasteiger partial charge in [-0.3, -0.25) is 4.79 Å². The van der Waals surface area contributed by atoms with E-state index in [0.29, 0.717) is 6.42 Å². The molecule has 1 aliphatic heterocycles. The maximum Gasteiger partial charge on any atom is 0.223 e. The molecule has 0 aromatic heterocycles. The van der Waals surface area contributed by atoms with E-state index in [9.17, 15) is 4.79 Å². The standard InChI is InChI=1S/C14H21N3O/c1-16(2)14(18)7-9-17-8-3-4-11-5-6-12(15)10-13(11)17/h5-6,10H,3-4,7-9,15H2,1-2H3. The molecule has 0 aliphatic carbocycles. The minimum atomic E-state index is 0.172. The predicted molar refractivity (Wildman–Crippen MR) is 74.7 cm³/mol. The second-order valence-corrected chi connectivity index (χ2v) is 5.02. The average molecular weight is 247 g/mol. The molecule has 0 radical (unpaired) electrons. The van der Waals surface area contributed by atoms with Gasteiger partial charge in [-0.15, -0.1) is 0 Å². The van der Waals surface area contributed by atoms with Crippen LogP contribution in [0.15, 0.2) is 18.2 Å². The molecule has 1 aliphatic rings. The summed E-state index contributed by atoms with van der Waals surface area (Å²) in [6.07, 6.45) is 2.81. The summed E-state index contributed by atoms with van der Waals surface area (Å²) in [5.41, 5.74) is 9.18. The van der Waals surface area contributed by atoms with Crippen molar-refractivity contribution in [2.75, 3.05) is 37.8 Å². The Bertz CT molecular complexity index is 443. The summed E-state index contributed by atoms with van der Waals surface area (Å²) in [6.45, 7) is 1.78. The quantitative estimate of drug-likeness (QED) is 0.823. The summed E-state index contributed by atoms with van der Waals surface area (Å²) in [5, 5.41) is 0. The Morgan fingerprint density at radius 1 is 1.44 bits per heavy atom. The lowest BCUT2D eigenvalue weighted by Gasteiger charge is -2.31. The van der Waals surface area contributed by atoms with Gasteiger partial charge in [0.25, 0.3) is 0 Å². The zero-order chi connectivity index (χ0) is 13.1. The van der Waals surface area contributed by atoms with Crippen LogP contribution in [0, 0.1) is 0 Å². The summed E-state index contributed by atoms with van der Waals surface area (Å²) >= 11 is 0. The molecule has 1 heterocycles. The fourth-order valence-electron chi connectivity index (χ4n) is 2.35. The van der Waals surface area contributed by atoms with Crippen LogP contribution in [0.1, 0.15) is 18.4 Å². The Labute approximate surface area is 108 Å². The molecule has 4 nitrogen and oxygen atoms in total. The topological polar surface area (TPSA) is 49.6 Å². The minimum absolute atomic E-state index is 0.172. The molecule has 1 amide bonds. The molecule has 1 aromatic carbocycles. The number of benzene rings is 1. The first-order valence-corrected chi connectivity index (χ1v) is 6.41. The Hall–Kier alpha value is -1.71. The monoisotopic (exact) mass is 247 g/mol. The first kappa shape index (κ1) is 12.7. The van der Waals surface area contributed by atoms with Gasteiger partial charge in [0, 0.05) is 45.0 Å². The molecule has 2 N–H and O–H groups in total. The van der Waals surface area contributed by atoms with E-state index in [1.54, 1.807) is 19.0 Å². The van der Waals surface area contributed by atoms with E-state index in [-0.39, 0.29) is 5.91 Å². The Balaban J connectivity index is 2.08. The molecule has 0 saturated carbocycles. The number of nitrogen functional groups attached to an aromatic ring is 1. The number of nitrogens with zero attached hydrogens (tertiary/aromatic N) is 2. The molecule has 18 heavy (non-hydrogen) atoms. The van der Waals surface area contributed by atoms with Gasteiger partial charge in [0.2, 0.25) is 5.91 Å². The van der Waals surface area contributed by atoms with Crippen LogP contribution < -0.4 is 10.6 Å². The van der Waals surface area contributed by atoms with Gasteiger partial charge in [0.05, 0.1) is 0 Å². The highest BCUT2D eigenvalue weighted by Crippen LogP contribution is 2.29. The Morgan fingerprint density at radius 3 is 2.94 bits per heavy atom. The van der Waals surface area contributed by atoms with Gasteiger partial charge in [-0.2, -0.15) is 0 Å². The minimum Gasteiger partial charge on any atom is -0.399 e. The first-order valence-electron chi connectivity index (χ1n) is 6.41. The van der Waals surface area contributed by atoms with Crippen LogP contribution in [-0.4, -0.2) is 38.0 Å². The molecular weight excluding hydrogens is 226 g/mol. The number of rotatable bonds is 3. The number of hydrogen-bond donors (Lipinski definition) is 1. The van der Waals surface area contributed by atoms with Crippen molar-refractivity contribution in [3.63, 3.8) is 0 Å². The normalized spacial score (nSPS) is 14.2. The average Bonchev–Trinajstić information content (AvgIpc) is 2.35. The summed E-state index contributed by atoms with van der Waals surface area (Å²) in [7, 11) is 3.59. The first-order chi connectivity index (χ1) is 8.58. The van der Waals surface area contributed by atoms with Crippen molar-refractivity contribution in [2.24, 2.45) is 0 Å². The van der Waals surface area contributed by atoms with Crippen molar-refractivity contribution in [1.82, 2.24) is 4.90 Å². The number of aryl methyl sites for hydroxylation is 1. The van der Waals surface area contributed by atoms with Crippen molar-refractivity contribution in [3.8, 4) is 0 Å². The van der Waals surface area contributed by atoms with Gasteiger partial charge in [-0.05, 0) is 30.5 Å². The molecule has 1 aromatic rings. The third-order valence-electron chi connectivity index (χ3n) is 3.42. The van der Waals surface area contributed by atoms with E-state index >= 15 is 0 Å². The van der Waals surface area contributed by atoms with Gasteiger partial charge >= 0.3 is 0 Å². The van der Waals surface area contributed by atoms with Gasteiger partial charge in [-0.1, -0.05) is 6.07 Å². The molecule has 0 spiro atoms. The second-order valence-electron chi connectivity index (χ2n) is 5.02. The molecule has 0 atom stereocenters. The zero-order valence-corrected chi connectivity index (χ0v) is 11.1. The lowest BCUT2D eigenvalue weighted by molar-refractivity contribution is -0.128. The van der Waals surface area contributed by atoms with Crippen LogP contribution in [0.3, 0.4) is 0 Å². The van der Waals surface area contributed by atoms with Crippen LogP contribution in [0.5, 0.6) is 0 Å². The van der Waals surface area contributed by atoms with Gasteiger partial charge in [-0.25, -0.2) is 0 Å². The highest BCUT2D eigenvalue weighted by atomic mass is 16.2. The molecule has 0 bridgehead atoms. The summed E-state index contributed by atoms with van der Waals surface area (Å²) < 4.78 is 0. The van der Waals surface area contributed by atoms with Gasteiger partial charge < -0.3 is 15.5 Å². The lowest BCUT2D eigenvalue weighted by Crippen LogP contribution is -2.33. The second kappa shape index (κ2) is 5.29. The number of nitrogens with two attached hydrogens (primary N) is 1. The fourth-order valence-corrected chi connectivity index (χ4v) is 2.35. The zero-order valence-electron chi connectivity index (χ0n) is 11.1. The molecule has 0 unspecified atom stereocenters. The van der Waals surface area contributed by atoms with E-state index in [0.717, 1.165) is 31.6 Å². The summed E-state index contributed by atoms with van der Waals surface area (Å²) in [4.78, 5) is 15.6. The highest BCUT2D eigenvalue weighted by Gasteiger charge is 2.17. The van der Waals surface area contributed by atoms with Crippen LogP contribution in [0.4, 0.5) is 11.4 Å². The van der Waals surface area contributed by atoms with Crippen molar-refractivity contribution in [2.45, 2.75) is 19.3 Å². The van der Waals surface area contributed by atoms with Crippen molar-refractivity contribution in [3.05, 3.63) is 23.8 Å². The fraction of sp³-hybridized carbons (Fsp3) is 0.500. The molecule has 0 saturated heterocycles. The number of carbonyl (C=O) groups excluding carboxylic acids is 1. The van der Waals surface area contributed by atoms with Gasteiger partial charge in [0.15, 0.2) is 0 Å². The smallest absolute Gasteiger partial charge is 0.223 e. The summed E-state index contributed by atoms with van der Waals surface area (Å²) in [5.74, 6) is 0.172. The summed E-state index contributed by atoms with van der Waals surface area (Å²) in [6, 6.07) is 6.08. The van der Waals surface area contributed by atoms with Gasteiger partial charge in [0.1, 0.15) is 0 Å². The van der Waals surface area contributed by atoms with Crippen LogP contribution in [0.25, 0.3) is 0 Å². The van der Waals surface area contributed by atoms with E-state index < -0.39 is 0 Å². The predicted octanol–water partition coefficient (Wildman–Crippen LogP) is 1.50. The largest absolute Gasteiger partial charge is 0.399 e. The van der Waals surface area contributed by atoms with E-state index in [1.807, 2.05) is 12.1 Å². The maximum absolute atomic E-state index is 11.6. The van der Waals surface area contributed by atoms with E-state index in [2.05, 4.69) is 11.0 Å².